The highest BCUT2D eigenvalue weighted by Crippen LogP contribution is 2.17. The Kier molecular flexibility index (Phi) is 8.07. The van der Waals surface area contributed by atoms with Crippen LogP contribution in [0.3, 0.4) is 0 Å². The van der Waals surface area contributed by atoms with Crippen LogP contribution in [0.4, 0.5) is 0 Å². The molecule has 1 aliphatic rings. The van der Waals surface area contributed by atoms with E-state index in [1.165, 1.54) is 12.8 Å². The zero-order chi connectivity index (χ0) is 14.8. The third-order valence-electron chi connectivity index (χ3n) is 3.67. The van der Waals surface area contributed by atoms with Gasteiger partial charge in [0.15, 0.2) is 5.96 Å². The highest BCUT2D eigenvalue weighted by Gasteiger charge is 2.16. The molecule has 0 aromatic heterocycles. The Morgan fingerprint density at radius 3 is 2.60 bits per heavy atom. The lowest BCUT2D eigenvalue weighted by Gasteiger charge is -2.16. The van der Waals surface area contributed by atoms with Gasteiger partial charge in [0.05, 0.1) is 6.54 Å². The maximum atomic E-state index is 11.8. The second-order valence-electron chi connectivity index (χ2n) is 5.51. The largest absolute Gasteiger partial charge is 0.357 e. The molecule has 1 amide bonds. The fourth-order valence-corrected chi connectivity index (χ4v) is 2.29. The van der Waals surface area contributed by atoms with Crippen molar-refractivity contribution in [1.82, 2.24) is 16.0 Å². The third kappa shape index (κ3) is 6.78. The Morgan fingerprint density at radius 1 is 1.30 bits per heavy atom. The van der Waals surface area contributed by atoms with Gasteiger partial charge in [0.1, 0.15) is 0 Å². The van der Waals surface area contributed by atoms with Crippen LogP contribution in [0.5, 0.6) is 0 Å². The standard InChI is InChI=1S/C15H30N4O/c1-4-12(3)18-15(16-5-2)17-11-10-14(20)19-13-8-6-7-9-13/h12-13H,4-11H2,1-3H3,(H,19,20)(H2,16,17,18). The predicted octanol–water partition coefficient (Wildman–Crippen LogP) is 1.79. The second kappa shape index (κ2) is 9.61. The summed E-state index contributed by atoms with van der Waals surface area (Å²) in [5, 5.41) is 9.61. The molecule has 0 aromatic rings. The summed E-state index contributed by atoms with van der Waals surface area (Å²) in [5.74, 6) is 0.926. The SMILES string of the molecule is CCNC(=NCCC(=O)NC1CCCC1)NC(C)CC. The highest BCUT2D eigenvalue weighted by atomic mass is 16.1. The summed E-state index contributed by atoms with van der Waals surface area (Å²) in [4.78, 5) is 16.2. The van der Waals surface area contributed by atoms with E-state index < -0.39 is 0 Å². The second-order valence-corrected chi connectivity index (χ2v) is 5.51. The summed E-state index contributed by atoms with van der Waals surface area (Å²) in [6.45, 7) is 7.66. The first-order valence-electron chi connectivity index (χ1n) is 7.99. The van der Waals surface area contributed by atoms with Crippen LogP contribution in [-0.2, 0) is 4.79 Å². The molecule has 1 saturated carbocycles. The Labute approximate surface area is 123 Å². The van der Waals surface area contributed by atoms with Gasteiger partial charge in [-0.3, -0.25) is 9.79 Å². The summed E-state index contributed by atoms with van der Waals surface area (Å²) >= 11 is 0. The van der Waals surface area contributed by atoms with Gasteiger partial charge < -0.3 is 16.0 Å². The van der Waals surface area contributed by atoms with Gasteiger partial charge in [0.2, 0.25) is 5.91 Å². The monoisotopic (exact) mass is 282 g/mol. The molecule has 3 N–H and O–H groups in total. The summed E-state index contributed by atoms with van der Waals surface area (Å²) in [7, 11) is 0. The first-order chi connectivity index (χ1) is 9.65. The molecule has 0 bridgehead atoms. The highest BCUT2D eigenvalue weighted by molar-refractivity contribution is 5.81. The average Bonchev–Trinajstić information content (AvgIpc) is 2.91. The normalized spacial score (nSPS) is 17.9. The molecule has 1 unspecified atom stereocenters. The lowest BCUT2D eigenvalue weighted by atomic mass is 10.2. The lowest BCUT2D eigenvalue weighted by molar-refractivity contribution is -0.121. The fourth-order valence-electron chi connectivity index (χ4n) is 2.29. The molecular weight excluding hydrogens is 252 g/mol. The first kappa shape index (κ1) is 16.8. The number of rotatable bonds is 7. The summed E-state index contributed by atoms with van der Waals surface area (Å²) in [6, 6.07) is 0.790. The number of carbonyl (C=O) groups is 1. The van der Waals surface area contributed by atoms with Gasteiger partial charge in [-0.1, -0.05) is 19.8 Å². The van der Waals surface area contributed by atoms with E-state index in [0.717, 1.165) is 31.8 Å². The quantitative estimate of drug-likeness (QED) is 0.493. The minimum atomic E-state index is 0.125. The molecule has 5 heteroatoms. The van der Waals surface area contributed by atoms with Crippen molar-refractivity contribution in [3.8, 4) is 0 Å². The van der Waals surface area contributed by atoms with E-state index in [2.05, 4.69) is 34.8 Å². The molecule has 5 nitrogen and oxygen atoms in total. The topological polar surface area (TPSA) is 65.5 Å². The molecule has 1 aliphatic carbocycles. The van der Waals surface area contributed by atoms with Crippen LogP contribution in [0.2, 0.25) is 0 Å². The van der Waals surface area contributed by atoms with Crippen LogP contribution in [0.15, 0.2) is 4.99 Å². The minimum absolute atomic E-state index is 0.125. The Balaban J connectivity index is 2.28. The van der Waals surface area contributed by atoms with Crippen LogP contribution in [0.1, 0.15) is 59.3 Å². The molecular formula is C15H30N4O. The number of aliphatic imine (C=N–C) groups is 1. The van der Waals surface area contributed by atoms with Gasteiger partial charge in [-0.25, -0.2) is 0 Å². The number of carbonyl (C=O) groups excluding carboxylic acids is 1. The number of guanidine groups is 1. The van der Waals surface area contributed by atoms with Gasteiger partial charge in [-0.2, -0.15) is 0 Å². The van der Waals surface area contributed by atoms with Crippen molar-refractivity contribution in [3.05, 3.63) is 0 Å². The van der Waals surface area contributed by atoms with E-state index in [1.54, 1.807) is 0 Å². The molecule has 0 radical (unpaired) electrons. The van der Waals surface area contributed by atoms with Crippen molar-refractivity contribution in [3.63, 3.8) is 0 Å². The zero-order valence-electron chi connectivity index (χ0n) is 13.2. The molecule has 116 valence electrons. The van der Waals surface area contributed by atoms with Crippen LogP contribution >= 0.6 is 0 Å². The van der Waals surface area contributed by atoms with Crippen molar-refractivity contribution in [2.24, 2.45) is 4.99 Å². The average molecular weight is 282 g/mol. The predicted molar refractivity (Wildman–Crippen MR) is 83.9 cm³/mol. The molecule has 0 heterocycles. The van der Waals surface area contributed by atoms with E-state index in [1.807, 2.05) is 6.92 Å². The number of hydrogen-bond donors (Lipinski definition) is 3. The number of nitrogens with zero attached hydrogens (tertiary/aromatic N) is 1. The van der Waals surface area contributed by atoms with Crippen molar-refractivity contribution < 1.29 is 4.79 Å². The van der Waals surface area contributed by atoms with E-state index in [-0.39, 0.29) is 5.91 Å². The van der Waals surface area contributed by atoms with Crippen LogP contribution in [0, 0.1) is 0 Å². The summed E-state index contributed by atoms with van der Waals surface area (Å²) < 4.78 is 0. The van der Waals surface area contributed by atoms with Crippen LogP contribution in [0.25, 0.3) is 0 Å². The van der Waals surface area contributed by atoms with Gasteiger partial charge in [0.25, 0.3) is 0 Å². The smallest absolute Gasteiger partial charge is 0.222 e. The van der Waals surface area contributed by atoms with Crippen molar-refractivity contribution >= 4 is 11.9 Å². The van der Waals surface area contributed by atoms with Crippen molar-refractivity contribution in [2.75, 3.05) is 13.1 Å². The summed E-state index contributed by atoms with van der Waals surface area (Å²) in [6.07, 6.45) is 6.26. The van der Waals surface area contributed by atoms with Crippen molar-refractivity contribution in [1.29, 1.82) is 0 Å². The lowest BCUT2D eigenvalue weighted by Crippen LogP contribution is -2.42. The van der Waals surface area contributed by atoms with E-state index in [4.69, 9.17) is 0 Å². The van der Waals surface area contributed by atoms with E-state index in [9.17, 15) is 4.79 Å². The first-order valence-corrected chi connectivity index (χ1v) is 7.99. The molecule has 0 spiro atoms. The molecule has 0 aliphatic heterocycles. The van der Waals surface area contributed by atoms with E-state index in [0.29, 0.717) is 25.0 Å². The Morgan fingerprint density at radius 2 is 2.00 bits per heavy atom. The molecule has 1 rings (SSSR count). The number of nitrogens with one attached hydrogen (secondary N) is 3. The Hall–Kier alpha value is -1.26. The fraction of sp³-hybridized carbons (Fsp3) is 0.867. The molecule has 1 fully saturated rings. The zero-order valence-corrected chi connectivity index (χ0v) is 13.2. The van der Waals surface area contributed by atoms with Gasteiger partial charge in [0, 0.05) is 25.0 Å². The number of amides is 1. The Bertz CT molecular complexity index is 311. The third-order valence-corrected chi connectivity index (χ3v) is 3.67. The minimum Gasteiger partial charge on any atom is -0.357 e. The van der Waals surface area contributed by atoms with Gasteiger partial charge >= 0.3 is 0 Å². The molecule has 1 atom stereocenters. The maximum Gasteiger partial charge on any atom is 0.222 e. The molecule has 0 aromatic carbocycles. The van der Waals surface area contributed by atoms with Crippen LogP contribution in [-0.4, -0.2) is 37.0 Å². The van der Waals surface area contributed by atoms with E-state index >= 15 is 0 Å². The summed E-state index contributed by atoms with van der Waals surface area (Å²) in [5.41, 5.74) is 0. The van der Waals surface area contributed by atoms with Gasteiger partial charge in [-0.05, 0) is 33.1 Å². The number of hydrogen-bond acceptors (Lipinski definition) is 2. The van der Waals surface area contributed by atoms with Gasteiger partial charge in [-0.15, -0.1) is 0 Å². The van der Waals surface area contributed by atoms with Crippen molar-refractivity contribution in [2.45, 2.75) is 71.4 Å². The van der Waals surface area contributed by atoms with Crippen LogP contribution < -0.4 is 16.0 Å². The molecule has 20 heavy (non-hydrogen) atoms. The maximum absolute atomic E-state index is 11.8. The molecule has 0 saturated heterocycles.